The average molecular weight is 435 g/mol. The molecule has 0 fully saturated rings. The Labute approximate surface area is 141 Å². The Hall–Kier alpha value is 0.950. The van der Waals surface area contributed by atoms with Gasteiger partial charge in [0.05, 0.1) is 0 Å². The summed E-state index contributed by atoms with van der Waals surface area (Å²) in [7, 11) is 0. The first-order valence-electron chi connectivity index (χ1n) is 7.43. The van der Waals surface area contributed by atoms with E-state index in [1.165, 1.54) is 3.28 Å². The zero-order chi connectivity index (χ0) is 15.0. The molecule has 6 heteroatoms. The summed E-state index contributed by atoms with van der Waals surface area (Å²) in [6.07, 6.45) is 7.70. The molecule has 21 heavy (non-hydrogen) atoms. The first-order chi connectivity index (χ1) is 8.40. The maximum atomic E-state index is 9.78. The van der Waals surface area contributed by atoms with E-state index in [1.54, 1.807) is 0 Å². The van der Waals surface area contributed by atoms with Gasteiger partial charge in [0.1, 0.15) is 0 Å². The number of hydrogen-bond acceptors (Lipinski definition) is 2. The van der Waals surface area contributed by atoms with Crippen LogP contribution in [0, 0.1) is 0 Å². The third kappa shape index (κ3) is 4.28. The molecular formula is C15H34Cl2NOSiZr. The van der Waals surface area contributed by atoms with Gasteiger partial charge in [0.15, 0.2) is 0 Å². The monoisotopic (exact) mass is 432 g/mol. The quantitative estimate of drug-likeness (QED) is 0.639. The van der Waals surface area contributed by atoms with Gasteiger partial charge in [-0.1, -0.05) is 0 Å². The van der Waals surface area contributed by atoms with Crippen molar-refractivity contribution in [2.45, 2.75) is 54.6 Å². The minimum absolute atomic E-state index is 0. The fraction of sp³-hybridized carbons (Fsp3) is 0.667. The van der Waals surface area contributed by atoms with Crippen LogP contribution in [0.25, 0.3) is 0 Å². The van der Waals surface area contributed by atoms with Gasteiger partial charge in [0.25, 0.3) is 0 Å². The molecule has 0 saturated heterocycles. The molecule has 1 aliphatic rings. The van der Waals surface area contributed by atoms with E-state index >= 15 is 0 Å². The van der Waals surface area contributed by atoms with Crippen molar-refractivity contribution >= 4 is 34.9 Å². The second-order valence-electron chi connectivity index (χ2n) is 8.60. The van der Waals surface area contributed by atoms with E-state index in [1.807, 2.05) is 0 Å². The van der Waals surface area contributed by atoms with Gasteiger partial charge >= 0.3 is 117 Å². The summed E-state index contributed by atoms with van der Waals surface area (Å²) >= 11 is -4.03. The second kappa shape index (κ2) is 6.83. The third-order valence-corrected chi connectivity index (χ3v) is 58.4. The van der Waals surface area contributed by atoms with Gasteiger partial charge in [-0.25, -0.2) is 0 Å². The molecule has 127 valence electrons. The van der Waals surface area contributed by atoms with Gasteiger partial charge in [0.2, 0.25) is 0 Å². The molecule has 1 aliphatic carbocycles. The van der Waals surface area contributed by atoms with Crippen molar-refractivity contribution in [3.05, 3.63) is 21.5 Å². The Kier molecular flexibility index (Phi) is 7.87. The van der Waals surface area contributed by atoms with E-state index in [9.17, 15) is 5.11 Å². The molecule has 0 heterocycles. The van der Waals surface area contributed by atoms with E-state index in [2.05, 4.69) is 60.0 Å². The summed E-state index contributed by atoms with van der Waals surface area (Å²) in [4.78, 5) is 0. The van der Waals surface area contributed by atoms with E-state index < -0.39 is 22.2 Å². The molecule has 0 radical (unpaired) electrons. The van der Waals surface area contributed by atoms with Gasteiger partial charge in [-0.2, -0.15) is 0 Å². The Balaban J connectivity index is 0. The molecule has 0 saturated carbocycles. The van der Waals surface area contributed by atoms with Crippen molar-refractivity contribution in [2.24, 2.45) is 0 Å². The van der Waals surface area contributed by atoms with Crippen molar-refractivity contribution in [1.82, 2.24) is 3.26 Å². The number of halogens is 2. The van der Waals surface area contributed by atoms with E-state index in [0.717, 1.165) is 10.5 Å². The van der Waals surface area contributed by atoms with Crippen molar-refractivity contribution < 1.29 is 21.4 Å². The van der Waals surface area contributed by atoms with Crippen LogP contribution in [0.5, 0.6) is 0 Å². The van der Waals surface area contributed by atoms with Crippen LogP contribution < -0.4 is 3.26 Å². The molecule has 1 rings (SSSR count). The van der Waals surface area contributed by atoms with E-state index in [4.69, 9.17) is 4.21 Å². The van der Waals surface area contributed by atoms with Crippen LogP contribution in [-0.2, 0) is 16.3 Å². The molecule has 0 atom stereocenters. The molecule has 0 aromatic carbocycles. The van der Waals surface area contributed by atoms with Gasteiger partial charge in [-0.05, 0) is 0 Å². The Morgan fingerprint density at radius 2 is 1.86 bits per heavy atom. The predicted molar refractivity (Wildman–Crippen MR) is 103 cm³/mol. The van der Waals surface area contributed by atoms with Crippen LogP contribution in [0.1, 0.15) is 27.2 Å². The minimum atomic E-state index is -4.03. The Morgan fingerprint density at radius 1 is 1.33 bits per heavy atom. The summed E-state index contributed by atoms with van der Waals surface area (Å²) in [6, 6.07) is 0. The molecule has 2 N–H and O–H groups in total. The fourth-order valence-electron chi connectivity index (χ4n) is 3.88. The van der Waals surface area contributed by atoms with Gasteiger partial charge in [0, 0.05) is 0 Å². The average Bonchev–Trinajstić information content (AvgIpc) is 2.67. The number of rotatable bonds is 5. The van der Waals surface area contributed by atoms with Crippen LogP contribution >= 0.6 is 24.8 Å². The molecule has 2 nitrogen and oxygen atoms in total. The van der Waals surface area contributed by atoms with E-state index in [-0.39, 0.29) is 37.0 Å². The van der Waals surface area contributed by atoms with Gasteiger partial charge in [-0.3, -0.25) is 0 Å². The molecule has 0 aromatic rings. The van der Waals surface area contributed by atoms with Crippen molar-refractivity contribution in [2.75, 3.05) is 6.61 Å². The topological polar surface area (TPSA) is 32.3 Å². The van der Waals surface area contributed by atoms with Crippen molar-refractivity contribution in [3.63, 3.8) is 0 Å². The Bertz CT molecular complexity index is 522. The van der Waals surface area contributed by atoms with Crippen molar-refractivity contribution in [3.8, 4) is 0 Å². The molecule has 0 bridgehead atoms. The third-order valence-electron chi connectivity index (χ3n) is 5.61. The zero-order valence-electron chi connectivity index (χ0n) is 14.4. The van der Waals surface area contributed by atoms with Crippen LogP contribution in [-0.4, -0.2) is 27.4 Å². The zero-order valence-corrected chi connectivity index (χ0v) is 19.6. The summed E-state index contributed by atoms with van der Waals surface area (Å²) in [5, 5.41) is 9.78. The first-order valence-corrected chi connectivity index (χ1v) is 23.0. The number of aliphatic hydroxyl groups excluding tert-OH is 1. The first kappa shape index (κ1) is 24.2. The van der Waals surface area contributed by atoms with Gasteiger partial charge < -0.3 is 0 Å². The summed E-state index contributed by atoms with van der Waals surface area (Å²) in [5.74, 6) is -1.11. The number of nitrogens with one attached hydrogen (secondary N) is 1. The maximum absolute atomic E-state index is 9.78. The SMILES string of the molecule is Cl.Cl.[CH2]=[Zr]([CH3])([CH2]CO)([NH]C(C)(C)C)([C]1=CC=CC1)[SiH](C)C. The molecule has 0 spiro atoms. The second-order valence-corrected chi connectivity index (χ2v) is 50.6. The van der Waals surface area contributed by atoms with Crippen LogP contribution in [0.3, 0.4) is 0 Å². The number of aliphatic hydroxyl groups is 1. The number of hydrogen-bond donors (Lipinski definition) is 2. The number of allylic oxidation sites excluding steroid dienone is 4. The van der Waals surface area contributed by atoms with Crippen molar-refractivity contribution in [1.29, 1.82) is 0 Å². The fourth-order valence-corrected chi connectivity index (χ4v) is 35.4. The van der Waals surface area contributed by atoms with E-state index in [0.29, 0.717) is 0 Å². The molecule has 0 amide bonds. The van der Waals surface area contributed by atoms with Crippen LogP contribution in [0.2, 0.25) is 21.9 Å². The molecule has 0 aliphatic heterocycles. The van der Waals surface area contributed by atoms with Crippen LogP contribution in [0.4, 0.5) is 0 Å². The molecule has 0 unspecified atom stereocenters. The summed E-state index contributed by atoms with van der Waals surface area (Å²) in [6.45, 7) is 11.8. The van der Waals surface area contributed by atoms with Gasteiger partial charge in [-0.15, -0.1) is 24.8 Å². The Morgan fingerprint density at radius 3 is 2.14 bits per heavy atom. The molecular weight excluding hydrogens is 400 g/mol. The standard InChI is InChI=1S/C5H5.C4H10N.C2H5O.C2H7Si.CH3.CH2.2ClH.Zr/c1-2-4-5-3-1;1-4(2,3)5;1-2-3;1-3-2;;;;;/h1-3H,4H2;5H,1-3H3;3H,1-2H2;3H,1-2H3;1H3;1H2;2*1H;/q;-1;;;;;;;+1. The predicted octanol–water partition coefficient (Wildman–Crippen LogP) is 4.08. The summed E-state index contributed by atoms with van der Waals surface area (Å²) < 4.78 is 13.8. The molecule has 0 aromatic heterocycles. The summed E-state index contributed by atoms with van der Waals surface area (Å²) in [5.41, 5.74) is 0.0315. The normalized spacial score (nSPS) is 18.4. The van der Waals surface area contributed by atoms with Crippen LogP contribution in [0.15, 0.2) is 21.5 Å².